The van der Waals surface area contributed by atoms with Gasteiger partial charge in [-0.25, -0.2) is 0 Å². The molecule has 1 aromatic heterocycles. The van der Waals surface area contributed by atoms with E-state index in [2.05, 4.69) is 16.5 Å². The Bertz CT molecular complexity index is 1010. The lowest BCUT2D eigenvalue weighted by atomic mass is 9.86. The lowest BCUT2D eigenvalue weighted by Gasteiger charge is -2.19. The molecular formula is C19H20BN5O3. The van der Waals surface area contributed by atoms with Gasteiger partial charge in [-0.15, -0.1) is 0 Å². The van der Waals surface area contributed by atoms with Crippen LogP contribution in [0.3, 0.4) is 0 Å². The number of aryl methyl sites for hydroxylation is 1. The highest BCUT2D eigenvalue weighted by molar-refractivity contribution is 6.51. The topological polar surface area (TPSA) is 126 Å². The molecule has 2 unspecified atom stereocenters. The molecule has 9 heteroatoms. The SMILES string of the molecule is Cc1cc(Nc2nn(C3CCCC3C#N)cc2C(N)=O)cc2c1OB(O)C=C2. The van der Waals surface area contributed by atoms with Gasteiger partial charge in [-0.05, 0) is 49.9 Å². The largest absolute Gasteiger partial charge is 0.552 e. The Labute approximate surface area is 162 Å². The maximum absolute atomic E-state index is 11.9. The summed E-state index contributed by atoms with van der Waals surface area (Å²) in [5.41, 5.74) is 8.20. The summed E-state index contributed by atoms with van der Waals surface area (Å²) in [4.78, 5) is 11.9. The number of carbonyl (C=O) groups is 1. The third-order valence-corrected chi connectivity index (χ3v) is 5.23. The number of hydrogen-bond acceptors (Lipinski definition) is 6. The molecule has 1 aromatic carbocycles. The quantitative estimate of drug-likeness (QED) is 0.702. The van der Waals surface area contributed by atoms with Crippen molar-refractivity contribution in [1.82, 2.24) is 9.78 Å². The summed E-state index contributed by atoms with van der Waals surface area (Å²) in [5.74, 6) is 1.83. The van der Waals surface area contributed by atoms with Crippen LogP contribution in [0.15, 0.2) is 24.3 Å². The minimum absolute atomic E-state index is 0.0539. The lowest BCUT2D eigenvalue weighted by Crippen LogP contribution is -2.22. The number of hydrogen-bond donors (Lipinski definition) is 3. The predicted octanol–water partition coefficient (Wildman–Crippen LogP) is 2.32. The number of fused-ring (bicyclic) bond motifs is 1. The van der Waals surface area contributed by atoms with Crippen LogP contribution < -0.4 is 15.7 Å². The Morgan fingerprint density at radius 2 is 2.32 bits per heavy atom. The van der Waals surface area contributed by atoms with E-state index in [1.165, 1.54) is 0 Å². The highest BCUT2D eigenvalue weighted by Gasteiger charge is 2.31. The first kappa shape index (κ1) is 18.1. The maximum Gasteiger partial charge on any atom is 0.552 e. The van der Waals surface area contributed by atoms with E-state index < -0.39 is 13.0 Å². The fourth-order valence-electron chi connectivity index (χ4n) is 3.88. The third-order valence-electron chi connectivity index (χ3n) is 5.23. The van der Waals surface area contributed by atoms with Gasteiger partial charge >= 0.3 is 7.12 Å². The second-order valence-corrected chi connectivity index (χ2v) is 7.17. The minimum atomic E-state index is -0.957. The Kier molecular flexibility index (Phi) is 4.57. The minimum Gasteiger partial charge on any atom is -0.532 e. The molecule has 1 amide bonds. The second kappa shape index (κ2) is 7.05. The molecule has 142 valence electrons. The number of primary amides is 1. The summed E-state index contributed by atoms with van der Waals surface area (Å²) in [5, 5.41) is 26.7. The van der Waals surface area contributed by atoms with E-state index >= 15 is 0 Å². The first-order chi connectivity index (χ1) is 13.5. The summed E-state index contributed by atoms with van der Waals surface area (Å²) >= 11 is 0. The van der Waals surface area contributed by atoms with E-state index in [4.69, 9.17) is 10.4 Å². The van der Waals surface area contributed by atoms with Gasteiger partial charge in [0.05, 0.1) is 18.0 Å². The standard InChI is InChI=1S/C19H20BN5O3/c1-11-7-14(8-12-5-6-20(27)28-17(11)12)23-19-15(18(22)26)10-25(24-19)16-4-2-3-13(16)9-21/h5-8,10,13,16,27H,2-4H2,1H3,(H2,22,26)(H,23,24). The van der Waals surface area contributed by atoms with E-state index in [1.54, 1.807) is 22.9 Å². The van der Waals surface area contributed by atoms with Crippen LogP contribution in [0.1, 0.15) is 46.8 Å². The number of carbonyl (C=O) groups excluding carboxylic acids is 1. The predicted molar refractivity (Wildman–Crippen MR) is 105 cm³/mol. The molecule has 0 radical (unpaired) electrons. The lowest BCUT2D eigenvalue weighted by molar-refractivity contribution is 0.100. The Morgan fingerprint density at radius 3 is 3.07 bits per heavy atom. The van der Waals surface area contributed by atoms with Crippen LogP contribution in [0, 0.1) is 24.2 Å². The van der Waals surface area contributed by atoms with Gasteiger partial charge in [0.25, 0.3) is 5.91 Å². The van der Waals surface area contributed by atoms with Crippen LogP contribution in [0.5, 0.6) is 5.75 Å². The number of nitrogens with two attached hydrogens (primary N) is 1. The van der Waals surface area contributed by atoms with Gasteiger partial charge in [0.1, 0.15) is 11.3 Å². The van der Waals surface area contributed by atoms with Crippen molar-refractivity contribution in [1.29, 1.82) is 5.26 Å². The summed E-state index contributed by atoms with van der Waals surface area (Å²) in [6.45, 7) is 1.87. The van der Waals surface area contributed by atoms with Crippen molar-refractivity contribution < 1.29 is 14.5 Å². The van der Waals surface area contributed by atoms with E-state index in [9.17, 15) is 15.1 Å². The Balaban J connectivity index is 1.67. The molecule has 1 saturated carbocycles. The normalized spacial score (nSPS) is 20.4. The molecule has 2 aromatic rings. The number of rotatable bonds is 4. The van der Waals surface area contributed by atoms with Crippen molar-refractivity contribution >= 4 is 30.6 Å². The number of nitriles is 1. The summed E-state index contributed by atoms with van der Waals surface area (Å²) in [7, 11) is -0.957. The first-order valence-corrected chi connectivity index (χ1v) is 9.19. The highest BCUT2D eigenvalue weighted by atomic mass is 16.5. The summed E-state index contributed by atoms with van der Waals surface area (Å²) in [6, 6.07) is 5.97. The number of benzene rings is 1. The molecule has 8 nitrogen and oxygen atoms in total. The van der Waals surface area contributed by atoms with E-state index in [-0.39, 0.29) is 17.5 Å². The molecule has 0 spiro atoms. The van der Waals surface area contributed by atoms with Crippen LogP contribution in [0.2, 0.25) is 0 Å². The number of amides is 1. The van der Waals surface area contributed by atoms with E-state index in [1.807, 2.05) is 19.1 Å². The van der Waals surface area contributed by atoms with Crippen molar-refractivity contribution in [3.8, 4) is 11.8 Å². The molecule has 2 heterocycles. The van der Waals surface area contributed by atoms with Gasteiger partial charge in [0.2, 0.25) is 0 Å². The number of anilines is 2. The van der Waals surface area contributed by atoms with Gasteiger partial charge in [-0.2, -0.15) is 10.4 Å². The van der Waals surface area contributed by atoms with Crippen LogP contribution in [0.4, 0.5) is 11.5 Å². The molecule has 1 aliphatic carbocycles. The molecular weight excluding hydrogens is 357 g/mol. The van der Waals surface area contributed by atoms with Crippen molar-refractivity contribution in [2.75, 3.05) is 5.32 Å². The average Bonchev–Trinajstić information content (AvgIpc) is 3.28. The summed E-state index contributed by atoms with van der Waals surface area (Å²) < 4.78 is 7.13. The zero-order valence-corrected chi connectivity index (χ0v) is 15.4. The third kappa shape index (κ3) is 3.23. The molecule has 2 aliphatic rings. The van der Waals surface area contributed by atoms with Crippen LogP contribution in [0.25, 0.3) is 6.08 Å². The zero-order chi connectivity index (χ0) is 19.8. The van der Waals surface area contributed by atoms with Crippen LogP contribution in [-0.4, -0.2) is 27.8 Å². The van der Waals surface area contributed by atoms with Gasteiger partial charge in [-0.3, -0.25) is 9.48 Å². The zero-order valence-electron chi connectivity index (χ0n) is 15.4. The van der Waals surface area contributed by atoms with Crippen molar-refractivity contribution in [2.45, 2.75) is 32.2 Å². The maximum atomic E-state index is 11.9. The average molecular weight is 377 g/mol. The molecule has 4 N–H and O–H groups in total. The Hall–Kier alpha value is -3.25. The molecule has 2 atom stereocenters. The number of nitrogens with one attached hydrogen (secondary N) is 1. The van der Waals surface area contributed by atoms with E-state index in [0.717, 1.165) is 36.1 Å². The van der Waals surface area contributed by atoms with Gasteiger partial charge in [0.15, 0.2) is 5.82 Å². The molecule has 1 fully saturated rings. The van der Waals surface area contributed by atoms with Crippen molar-refractivity contribution in [2.24, 2.45) is 11.7 Å². The smallest absolute Gasteiger partial charge is 0.532 e. The monoisotopic (exact) mass is 377 g/mol. The molecule has 28 heavy (non-hydrogen) atoms. The highest BCUT2D eigenvalue weighted by Crippen LogP contribution is 2.37. The second-order valence-electron chi connectivity index (χ2n) is 7.17. The molecule has 4 rings (SSSR count). The number of nitrogens with zero attached hydrogens (tertiary/aromatic N) is 3. The van der Waals surface area contributed by atoms with Crippen molar-refractivity contribution in [3.05, 3.63) is 41.0 Å². The van der Waals surface area contributed by atoms with Crippen LogP contribution >= 0.6 is 0 Å². The molecule has 0 bridgehead atoms. The van der Waals surface area contributed by atoms with Gasteiger partial charge in [0, 0.05) is 17.4 Å². The number of aromatic nitrogens is 2. The van der Waals surface area contributed by atoms with E-state index in [0.29, 0.717) is 11.6 Å². The summed E-state index contributed by atoms with van der Waals surface area (Å²) in [6.07, 6.45) is 6.04. The Morgan fingerprint density at radius 1 is 1.50 bits per heavy atom. The van der Waals surface area contributed by atoms with Crippen LogP contribution in [-0.2, 0) is 0 Å². The fourth-order valence-corrected chi connectivity index (χ4v) is 3.88. The van der Waals surface area contributed by atoms with Gasteiger partial charge in [-0.1, -0.05) is 6.08 Å². The molecule has 0 saturated heterocycles. The van der Waals surface area contributed by atoms with Gasteiger partial charge < -0.3 is 20.7 Å². The fraction of sp³-hybridized carbons (Fsp3) is 0.316. The van der Waals surface area contributed by atoms with Crippen molar-refractivity contribution in [3.63, 3.8) is 0 Å². The molecule has 1 aliphatic heterocycles. The first-order valence-electron chi connectivity index (χ1n) is 9.19.